The molecule has 3 aromatic rings. The fourth-order valence-electron chi connectivity index (χ4n) is 2.80. The van der Waals surface area contributed by atoms with E-state index in [0.717, 1.165) is 17.1 Å². The Morgan fingerprint density at radius 2 is 1.21 bits per heavy atom. The van der Waals surface area contributed by atoms with Gasteiger partial charge >= 0.3 is 0 Å². The third-order valence-electron chi connectivity index (χ3n) is 4.01. The molecule has 0 heterocycles. The molecular formula is C23H21N. The average molecular weight is 311 g/mol. The molecule has 3 aromatic carbocycles. The second-order valence-electron chi connectivity index (χ2n) is 5.50. The molecule has 118 valence electrons. The van der Waals surface area contributed by atoms with E-state index in [1.54, 1.807) is 0 Å². The number of nitrogens with zero attached hydrogens (tertiary/aromatic N) is 1. The zero-order valence-electron chi connectivity index (χ0n) is 13.9. The fourth-order valence-corrected chi connectivity index (χ4v) is 2.80. The zero-order chi connectivity index (χ0) is 16.8. The second kappa shape index (κ2) is 7.47. The van der Waals surface area contributed by atoms with Gasteiger partial charge in [-0.05, 0) is 48.4 Å². The molecule has 0 amide bonds. The normalized spacial score (nSPS) is 11.1. The van der Waals surface area contributed by atoms with E-state index in [9.17, 15) is 0 Å². The summed E-state index contributed by atoms with van der Waals surface area (Å²) in [6, 6.07) is 29.4. The van der Waals surface area contributed by atoms with Crippen LogP contribution in [-0.4, -0.2) is 0 Å². The van der Waals surface area contributed by atoms with Crippen molar-refractivity contribution in [1.29, 1.82) is 0 Å². The topological polar surface area (TPSA) is 3.24 Å². The van der Waals surface area contributed by atoms with Gasteiger partial charge in [0.15, 0.2) is 0 Å². The van der Waals surface area contributed by atoms with Gasteiger partial charge in [0.25, 0.3) is 0 Å². The van der Waals surface area contributed by atoms with Crippen LogP contribution >= 0.6 is 0 Å². The van der Waals surface area contributed by atoms with Crippen molar-refractivity contribution in [3.05, 3.63) is 109 Å². The quantitative estimate of drug-likeness (QED) is 0.481. The number of hydrogen-bond acceptors (Lipinski definition) is 1. The van der Waals surface area contributed by atoms with Gasteiger partial charge in [-0.1, -0.05) is 73.3 Å². The maximum absolute atomic E-state index is 3.96. The van der Waals surface area contributed by atoms with E-state index in [2.05, 4.69) is 90.4 Å². The molecule has 0 bridgehead atoms. The molecule has 1 heteroatoms. The first-order chi connectivity index (χ1) is 11.8. The van der Waals surface area contributed by atoms with Crippen molar-refractivity contribution < 1.29 is 0 Å². The number of hydrogen-bond donors (Lipinski definition) is 0. The minimum atomic E-state index is 1.06. The lowest BCUT2D eigenvalue weighted by molar-refractivity contribution is 1.20. The second-order valence-corrected chi connectivity index (χ2v) is 5.50. The molecule has 0 atom stereocenters. The van der Waals surface area contributed by atoms with Crippen molar-refractivity contribution in [2.24, 2.45) is 0 Å². The summed E-state index contributed by atoms with van der Waals surface area (Å²) in [5.74, 6) is 0. The van der Waals surface area contributed by atoms with Gasteiger partial charge in [-0.3, -0.25) is 0 Å². The molecule has 0 fully saturated rings. The highest BCUT2D eigenvalue weighted by Gasteiger charge is 2.11. The summed E-state index contributed by atoms with van der Waals surface area (Å²) in [4.78, 5) is 2.21. The first-order valence-corrected chi connectivity index (χ1v) is 8.13. The van der Waals surface area contributed by atoms with Crippen LogP contribution in [-0.2, 0) is 0 Å². The van der Waals surface area contributed by atoms with Crippen molar-refractivity contribution in [3.8, 4) is 11.1 Å². The van der Waals surface area contributed by atoms with Gasteiger partial charge in [0, 0.05) is 17.1 Å². The largest absolute Gasteiger partial charge is 0.311 e. The number of benzene rings is 3. The molecule has 0 unspecified atom stereocenters. The predicted molar refractivity (Wildman–Crippen MR) is 104 cm³/mol. The van der Waals surface area contributed by atoms with E-state index in [1.807, 2.05) is 25.1 Å². The Morgan fingerprint density at radius 1 is 0.708 bits per heavy atom. The fraction of sp³-hybridized carbons (Fsp3) is 0.0435. The minimum absolute atomic E-state index is 1.06. The van der Waals surface area contributed by atoms with Gasteiger partial charge in [-0.25, -0.2) is 0 Å². The standard InChI is InChI=1S/C23H21N/c1-3-21(4-2)24(22-13-9-6-10-14-22)23-17-15-20(16-18-23)19-11-7-5-8-12-19/h3-18H,1H2,2H3/b21-4+. The smallest absolute Gasteiger partial charge is 0.0461 e. The molecule has 0 aliphatic rings. The summed E-state index contributed by atoms with van der Waals surface area (Å²) in [6.45, 7) is 5.99. The predicted octanol–water partition coefficient (Wildman–Crippen LogP) is 6.58. The van der Waals surface area contributed by atoms with Gasteiger partial charge in [0.2, 0.25) is 0 Å². The Balaban J connectivity index is 2.01. The van der Waals surface area contributed by atoms with Gasteiger partial charge in [-0.15, -0.1) is 0 Å². The van der Waals surface area contributed by atoms with Crippen LogP contribution in [0.3, 0.4) is 0 Å². The maximum atomic E-state index is 3.96. The molecule has 24 heavy (non-hydrogen) atoms. The highest BCUT2D eigenvalue weighted by Crippen LogP contribution is 2.31. The van der Waals surface area contributed by atoms with E-state index in [1.165, 1.54) is 11.1 Å². The van der Waals surface area contributed by atoms with Crippen molar-refractivity contribution in [2.45, 2.75) is 6.92 Å². The minimum Gasteiger partial charge on any atom is -0.311 e. The third-order valence-corrected chi connectivity index (χ3v) is 4.01. The highest BCUT2D eigenvalue weighted by molar-refractivity contribution is 5.73. The van der Waals surface area contributed by atoms with E-state index in [0.29, 0.717) is 0 Å². The lowest BCUT2D eigenvalue weighted by Gasteiger charge is -2.26. The zero-order valence-corrected chi connectivity index (χ0v) is 13.9. The summed E-state index contributed by atoms with van der Waals surface area (Å²) >= 11 is 0. The first-order valence-electron chi connectivity index (χ1n) is 8.13. The molecular weight excluding hydrogens is 290 g/mol. The monoisotopic (exact) mass is 311 g/mol. The van der Waals surface area contributed by atoms with E-state index >= 15 is 0 Å². The van der Waals surface area contributed by atoms with E-state index < -0.39 is 0 Å². The molecule has 0 aliphatic carbocycles. The number of anilines is 2. The van der Waals surface area contributed by atoms with Crippen molar-refractivity contribution in [3.63, 3.8) is 0 Å². The lowest BCUT2D eigenvalue weighted by Crippen LogP contribution is -2.14. The Labute approximate surface area is 144 Å². The van der Waals surface area contributed by atoms with Crippen LogP contribution in [0, 0.1) is 0 Å². The van der Waals surface area contributed by atoms with E-state index in [-0.39, 0.29) is 0 Å². The van der Waals surface area contributed by atoms with Crippen molar-refractivity contribution in [2.75, 3.05) is 4.90 Å². The van der Waals surface area contributed by atoms with Crippen LogP contribution in [0.2, 0.25) is 0 Å². The molecule has 3 rings (SSSR count). The molecule has 0 N–H and O–H groups in total. The first kappa shape index (κ1) is 15.8. The van der Waals surface area contributed by atoms with Gasteiger partial charge < -0.3 is 4.90 Å². The van der Waals surface area contributed by atoms with E-state index in [4.69, 9.17) is 0 Å². The summed E-state index contributed by atoms with van der Waals surface area (Å²) < 4.78 is 0. The maximum Gasteiger partial charge on any atom is 0.0461 e. The van der Waals surface area contributed by atoms with Gasteiger partial charge in [-0.2, -0.15) is 0 Å². The number of allylic oxidation sites excluding steroid dienone is 2. The molecule has 0 aromatic heterocycles. The molecule has 0 saturated heterocycles. The van der Waals surface area contributed by atoms with Gasteiger partial charge in [0.05, 0.1) is 0 Å². The molecule has 0 radical (unpaired) electrons. The third kappa shape index (κ3) is 3.31. The Morgan fingerprint density at radius 3 is 1.75 bits per heavy atom. The number of para-hydroxylation sites is 1. The van der Waals surface area contributed by atoms with Crippen LogP contribution < -0.4 is 4.90 Å². The molecule has 0 aliphatic heterocycles. The van der Waals surface area contributed by atoms with Gasteiger partial charge in [0.1, 0.15) is 0 Å². The highest BCUT2D eigenvalue weighted by atomic mass is 15.1. The Hall–Kier alpha value is -3.06. The Bertz CT molecular complexity index is 815. The summed E-state index contributed by atoms with van der Waals surface area (Å²) in [5.41, 5.74) is 5.75. The summed E-state index contributed by atoms with van der Waals surface area (Å²) in [5, 5.41) is 0. The summed E-state index contributed by atoms with van der Waals surface area (Å²) in [6.07, 6.45) is 3.96. The lowest BCUT2D eigenvalue weighted by atomic mass is 10.0. The van der Waals surface area contributed by atoms with Crippen molar-refractivity contribution >= 4 is 11.4 Å². The number of rotatable bonds is 5. The average Bonchev–Trinajstić information content (AvgIpc) is 2.67. The SMILES string of the molecule is C=C/C(=C\C)N(c1ccccc1)c1ccc(-c2ccccc2)cc1. The van der Waals surface area contributed by atoms with Crippen LogP contribution in [0.1, 0.15) is 6.92 Å². The molecule has 0 saturated carbocycles. The van der Waals surface area contributed by atoms with Crippen LogP contribution in [0.5, 0.6) is 0 Å². The summed E-state index contributed by atoms with van der Waals surface area (Å²) in [7, 11) is 0. The van der Waals surface area contributed by atoms with Crippen LogP contribution in [0.25, 0.3) is 11.1 Å². The van der Waals surface area contributed by atoms with Crippen LogP contribution in [0.4, 0.5) is 11.4 Å². The molecule has 0 spiro atoms. The van der Waals surface area contributed by atoms with Crippen LogP contribution in [0.15, 0.2) is 109 Å². The Kier molecular flexibility index (Phi) is 4.93. The van der Waals surface area contributed by atoms with Crippen molar-refractivity contribution in [1.82, 2.24) is 0 Å². The molecule has 1 nitrogen and oxygen atoms in total.